The highest BCUT2D eigenvalue weighted by molar-refractivity contribution is 7.81. The number of nitrogens with zero attached hydrogens (tertiary/aromatic N) is 1. The Balaban J connectivity index is 2.99. The summed E-state index contributed by atoms with van der Waals surface area (Å²) in [6.45, 7) is 1.57. The zero-order chi connectivity index (χ0) is 11.5. The van der Waals surface area contributed by atoms with E-state index < -0.39 is 10.5 Å². The summed E-state index contributed by atoms with van der Waals surface area (Å²) >= 11 is 0. The molecule has 15 heavy (non-hydrogen) atoms. The van der Waals surface area contributed by atoms with Crippen molar-refractivity contribution in [1.29, 1.82) is 5.26 Å². The van der Waals surface area contributed by atoms with Crippen LogP contribution in [0, 0.1) is 18.3 Å². The molecule has 0 aliphatic carbocycles. The standard InChI is InChI=1S/C9H8FNO3S/c1-7-6-8(4-5-11)2-3-9(7)14-15(10,12)13/h2-3,6H,4H2,1H3. The molecule has 0 atom stereocenters. The summed E-state index contributed by atoms with van der Waals surface area (Å²) in [5.74, 6) is -0.0702. The Morgan fingerprint density at radius 3 is 2.67 bits per heavy atom. The number of rotatable bonds is 3. The summed E-state index contributed by atoms with van der Waals surface area (Å²) < 4.78 is 36.7. The zero-order valence-corrected chi connectivity index (χ0v) is 8.71. The lowest BCUT2D eigenvalue weighted by molar-refractivity contribution is 0.438. The van der Waals surface area contributed by atoms with Crippen LogP contribution >= 0.6 is 0 Å². The Labute approximate surface area is 87.3 Å². The lowest BCUT2D eigenvalue weighted by Gasteiger charge is -2.04. The van der Waals surface area contributed by atoms with Crippen molar-refractivity contribution in [3.8, 4) is 11.8 Å². The molecule has 0 fully saturated rings. The molecule has 0 heterocycles. The Morgan fingerprint density at radius 2 is 2.20 bits per heavy atom. The van der Waals surface area contributed by atoms with Crippen LogP contribution in [0.3, 0.4) is 0 Å². The van der Waals surface area contributed by atoms with Gasteiger partial charge in [0.15, 0.2) is 0 Å². The topological polar surface area (TPSA) is 67.2 Å². The normalized spacial score (nSPS) is 10.7. The first kappa shape index (κ1) is 11.5. The number of nitriles is 1. The van der Waals surface area contributed by atoms with Crippen molar-refractivity contribution >= 4 is 10.5 Å². The Bertz CT molecular complexity index is 505. The summed E-state index contributed by atoms with van der Waals surface area (Å²) in [5.41, 5.74) is 1.18. The first-order valence-electron chi connectivity index (χ1n) is 4.03. The Hall–Kier alpha value is -1.61. The molecule has 0 unspecified atom stereocenters. The molecular formula is C9H8FNO3S. The molecule has 1 rings (SSSR count). The lowest BCUT2D eigenvalue weighted by atomic mass is 10.1. The van der Waals surface area contributed by atoms with Crippen molar-refractivity contribution in [3.63, 3.8) is 0 Å². The quantitative estimate of drug-likeness (QED) is 0.739. The van der Waals surface area contributed by atoms with Gasteiger partial charge >= 0.3 is 10.5 Å². The second-order valence-corrected chi connectivity index (χ2v) is 3.86. The van der Waals surface area contributed by atoms with Crippen LogP contribution in [-0.2, 0) is 16.9 Å². The monoisotopic (exact) mass is 229 g/mol. The summed E-state index contributed by atoms with van der Waals surface area (Å²) in [6, 6.07) is 6.35. The highest BCUT2D eigenvalue weighted by Crippen LogP contribution is 2.21. The van der Waals surface area contributed by atoms with Gasteiger partial charge < -0.3 is 4.18 Å². The maximum Gasteiger partial charge on any atom is 0.488 e. The molecule has 0 N–H and O–H groups in total. The maximum atomic E-state index is 12.2. The first-order chi connectivity index (χ1) is 6.92. The number of benzene rings is 1. The van der Waals surface area contributed by atoms with Gasteiger partial charge in [0.2, 0.25) is 0 Å². The van der Waals surface area contributed by atoms with E-state index >= 15 is 0 Å². The third-order valence-electron chi connectivity index (χ3n) is 1.71. The molecule has 0 bridgehead atoms. The molecule has 0 spiro atoms. The van der Waals surface area contributed by atoms with Crippen LogP contribution in [0.2, 0.25) is 0 Å². The van der Waals surface area contributed by atoms with Gasteiger partial charge in [-0.05, 0) is 24.1 Å². The molecule has 0 aliphatic rings. The molecule has 1 aromatic carbocycles. The minimum absolute atomic E-state index is 0.0702. The van der Waals surface area contributed by atoms with Gasteiger partial charge in [0.05, 0.1) is 12.5 Å². The highest BCUT2D eigenvalue weighted by Gasteiger charge is 2.11. The molecule has 1 aromatic rings. The van der Waals surface area contributed by atoms with E-state index in [0.29, 0.717) is 5.56 Å². The molecule has 6 heteroatoms. The van der Waals surface area contributed by atoms with Gasteiger partial charge in [-0.15, -0.1) is 0 Å². The SMILES string of the molecule is Cc1cc(CC#N)ccc1OS(=O)(=O)F. The molecule has 4 nitrogen and oxygen atoms in total. The van der Waals surface area contributed by atoms with Crippen LogP contribution in [0.4, 0.5) is 3.89 Å². The van der Waals surface area contributed by atoms with Gasteiger partial charge in [-0.2, -0.15) is 13.7 Å². The van der Waals surface area contributed by atoms with Crippen molar-refractivity contribution in [2.45, 2.75) is 13.3 Å². The third kappa shape index (κ3) is 3.56. The summed E-state index contributed by atoms with van der Waals surface area (Å²) in [5, 5.41) is 8.43. The van der Waals surface area contributed by atoms with E-state index in [-0.39, 0.29) is 12.2 Å². The molecule has 0 aromatic heterocycles. The molecule has 0 radical (unpaired) electrons. The molecule has 0 saturated heterocycles. The average molecular weight is 229 g/mol. The van der Waals surface area contributed by atoms with Gasteiger partial charge in [0.25, 0.3) is 0 Å². The fourth-order valence-corrected chi connectivity index (χ4v) is 1.51. The highest BCUT2D eigenvalue weighted by atomic mass is 32.3. The summed E-state index contributed by atoms with van der Waals surface area (Å²) in [7, 11) is -4.99. The van der Waals surface area contributed by atoms with E-state index in [0.717, 1.165) is 5.56 Å². The van der Waals surface area contributed by atoms with E-state index in [1.165, 1.54) is 12.1 Å². The van der Waals surface area contributed by atoms with Crippen molar-refractivity contribution < 1.29 is 16.5 Å². The molecule has 0 amide bonds. The molecule has 80 valence electrons. The van der Waals surface area contributed by atoms with Crippen LogP contribution in [-0.4, -0.2) is 8.42 Å². The average Bonchev–Trinajstić information content (AvgIpc) is 2.08. The van der Waals surface area contributed by atoms with Crippen molar-refractivity contribution in [3.05, 3.63) is 29.3 Å². The van der Waals surface area contributed by atoms with Crippen LogP contribution < -0.4 is 4.18 Å². The summed E-state index contributed by atoms with van der Waals surface area (Å²) in [4.78, 5) is 0. The minimum Gasteiger partial charge on any atom is -0.358 e. The molecule has 0 saturated carbocycles. The van der Waals surface area contributed by atoms with E-state index in [9.17, 15) is 12.3 Å². The van der Waals surface area contributed by atoms with Crippen molar-refractivity contribution in [2.24, 2.45) is 0 Å². The van der Waals surface area contributed by atoms with Gasteiger partial charge in [-0.25, -0.2) is 0 Å². The lowest BCUT2D eigenvalue weighted by Crippen LogP contribution is -2.02. The van der Waals surface area contributed by atoms with Gasteiger partial charge in [0, 0.05) is 0 Å². The Morgan fingerprint density at radius 1 is 1.53 bits per heavy atom. The predicted molar refractivity (Wildman–Crippen MR) is 51.2 cm³/mol. The van der Waals surface area contributed by atoms with E-state index in [1.807, 2.05) is 6.07 Å². The third-order valence-corrected chi connectivity index (χ3v) is 2.09. The smallest absolute Gasteiger partial charge is 0.358 e. The van der Waals surface area contributed by atoms with Crippen LogP contribution in [0.1, 0.15) is 11.1 Å². The zero-order valence-electron chi connectivity index (χ0n) is 7.90. The maximum absolute atomic E-state index is 12.2. The molecule has 0 aliphatic heterocycles. The second kappa shape index (κ2) is 4.28. The van der Waals surface area contributed by atoms with Crippen molar-refractivity contribution in [1.82, 2.24) is 0 Å². The largest absolute Gasteiger partial charge is 0.488 e. The van der Waals surface area contributed by atoms with Gasteiger partial charge in [-0.3, -0.25) is 0 Å². The van der Waals surface area contributed by atoms with Gasteiger partial charge in [-0.1, -0.05) is 16.0 Å². The van der Waals surface area contributed by atoms with E-state index in [2.05, 4.69) is 4.18 Å². The van der Waals surface area contributed by atoms with E-state index in [4.69, 9.17) is 5.26 Å². The van der Waals surface area contributed by atoms with Crippen LogP contribution in [0.5, 0.6) is 5.75 Å². The van der Waals surface area contributed by atoms with Gasteiger partial charge in [0.1, 0.15) is 5.75 Å². The van der Waals surface area contributed by atoms with Crippen molar-refractivity contribution in [2.75, 3.05) is 0 Å². The second-order valence-electron chi connectivity index (χ2n) is 2.91. The fourth-order valence-electron chi connectivity index (χ4n) is 1.11. The fraction of sp³-hybridized carbons (Fsp3) is 0.222. The number of halogens is 1. The number of hydrogen-bond acceptors (Lipinski definition) is 4. The summed E-state index contributed by atoms with van der Waals surface area (Å²) in [6.07, 6.45) is 0.212. The first-order valence-corrected chi connectivity index (χ1v) is 5.34. The minimum atomic E-state index is -4.99. The number of hydrogen-bond donors (Lipinski definition) is 0. The Kier molecular flexibility index (Phi) is 3.27. The predicted octanol–water partition coefficient (Wildman–Crippen LogP) is 1.65. The van der Waals surface area contributed by atoms with Crippen LogP contribution in [0.15, 0.2) is 18.2 Å². The number of aryl methyl sites for hydroxylation is 1. The molecular weight excluding hydrogens is 221 g/mol. The van der Waals surface area contributed by atoms with E-state index in [1.54, 1.807) is 13.0 Å². The van der Waals surface area contributed by atoms with Crippen LogP contribution in [0.25, 0.3) is 0 Å².